The molecule has 78 valence electrons. The fraction of sp³-hybridized carbons (Fsp3) is 0.400. The molecule has 1 aromatic carbocycles. The third-order valence-corrected chi connectivity index (χ3v) is 1.68. The van der Waals surface area contributed by atoms with Gasteiger partial charge < -0.3 is 9.84 Å². The van der Waals surface area contributed by atoms with E-state index in [1.807, 2.05) is 6.07 Å². The molecule has 14 heavy (non-hydrogen) atoms. The summed E-state index contributed by atoms with van der Waals surface area (Å²) in [6.07, 6.45) is 0. The summed E-state index contributed by atoms with van der Waals surface area (Å²) in [5, 5.41) is 9.17. The van der Waals surface area contributed by atoms with E-state index in [-0.39, 0.29) is 5.75 Å². The second kappa shape index (κ2) is 6.37. The Morgan fingerprint density at radius 2 is 2.21 bits per heavy atom. The number of hydroxylamine groups is 1. The summed E-state index contributed by atoms with van der Waals surface area (Å²) in [6, 6.07) is 7.02. The van der Waals surface area contributed by atoms with Crippen LogP contribution in [-0.2, 0) is 16.1 Å². The summed E-state index contributed by atoms with van der Waals surface area (Å²) in [4.78, 5) is 5.06. The molecule has 0 aliphatic carbocycles. The molecule has 0 fully saturated rings. The molecule has 0 aliphatic heterocycles. The molecule has 0 aliphatic rings. The largest absolute Gasteiger partial charge is 0.508 e. The van der Waals surface area contributed by atoms with E-state index < -0.39 is 0 Å². The molecule has 0 saturated heterocycles. The van der Waals surface area contributed by atoms with Crippen LogP contribution in [0.5, 0.6) is 5.75 Å². The number of phenols is 1. The van der Waals surface area contributed by atoms with E-state index in [2.05, 4.69) is 5.48 Å². The molecule has 0 amide bonds. The number of nitrogens with one attached hydrogen (secondary N) is 1. The van der Waals surface area contributed by atoms with Gasteiger partial charge in [-0.15, -0.1) is 0 Å². The van der Waals surface area contributed by atoms with Gasteiger partial charge in [-0.3, -0.25) is 4.84 Å². The summed E-state index contributed by atoms with van der Waals surface area (Å²) >= 11 is 0. The zero-order chi connectivity index (χ0) is 10.2. The van der Waals surface area contributed by atoms with Crippen LogP contribution in [0.3, 0.4) is 0 Å². The topological polar surface area (TPSA) is 50.7 Å². The Bertz CT molecular complexity index is 265. The van der Waals surface area contributed by atoms with Gasteiger partial charge in [-0.05, 0) is 17.7 Å². The predicted octanol–water partition coefficient (Wildman–Crippen LogP) is 1.06. The van der Waals surface area contributed by atoms with E-state index in [9.17, 15) is 0 Å². The van der Waals surface area contributed by atoms with E-state index in [0.29, 0.717) is 19.8 Å². The Kier molecular flexibility index (Phi) is 4.99. The molecule has 4 heteroatoms. The minimum atomic E-state index is 0.265. The van der Waals surface area contributed by atoms with Crippen LogP contribution in [-0.4, -0.2) is 25.4 Å². The van der Waals surface area contributed by atoms with Crippen molar-refractivity contribution in [3.05, 3.63) is 29.8 Å². The van der Waals surface area contributed by atoms with E-state index >= 15 is 0 Å². The summed E-state index contributed by atoms with van der Waals surface area (Å²) < 4.78 is 4.81. The maximum atomic E-state index is 9.17. The van der Waals surface area contributed by atoms with Crippen molar-refractivity contribution >= 4 is 0 Å². The van der Waals surface area contributed by atoms with Crippen LogP contribution in [0.25, 0.3) is 0 Å². The van der Waals surface area contributed by atoms with Gasteiger partial charge in [0.1, 0.15) is 5.75 Å². The number of rotatable bonds is 6. The Hall–Kier alpha value is -1.10. The van der Waals surface area contributed by atoms with Gasteiger partial charge in [0, 0.05) is 13.7 Å². The first-order valence-corrected chi connectivity index (χ1v) is 4.44. The number of aromatic hydroxyl groups is 1. The molecule has 0 spiro atoms. The molecule has 0 bridgehead atoms. The standard InChI is InChI=1S/C10H15NO3/c1-13-5-6-14-11-8-9-3-2-4-10(12)7-9/h2-4,7,11-12H,5-6,8H2,1H3. The van der Waals surface area contributed by atoms with E-state index in [4.69, 9.17) is 14.7 Å². The molecule has 1 aromatic rings. The minimum absolute atomic E-state index is 0.265. The number of methoxy groups -OCH3 is 1. The lowest BCUT2D eigenvalue weighted by Gasteiger charge is -2.05. The fourth-order valence-corrected chi connectivity index (χ4v) is 0.998. The highest BCUT2D eigenvalue weighted by atomic mass is 16.7. The van der Waals surface area contributed by atoms with Crippen molar-refractivity contribution in [3.8, 4) is 5.75 Å². The second-order valence-corrected chi connectivity index (χ2v) is 2.83. The van der Waals surface area contributed by atoms with Crippen molar-refractivity contribution in [1.82, 2.24) is 5.48 Å². The molecule has 2 N–H and O–H groups in total. The quantitative estimate of drug-likeness (QED) is 0.529. The molecule has 1 rings (SSSR count). The molecule has 0 aromatic heterocycles. The molecule has 0 saturated carbocycles. The van der Waals surface area contributed by atoms with Crippen molar-refractivity contribution in [2.24, 2.45) is 0 Å². The fourth-order valence-electron chi connectivity index (χ4n) is 0.998. The molecular formula is C10H15NO3. The van der Waals surface area contributed by atoms with Crippen molar-refractivity contribution in [1.29, 1.82) is 0 Å². The minimum Gasteiger partial charge on any atom is -0.508 e. The number of hydrogen-bond acceptors (Lipinski definition) is 4. The van der Waals surface area contributed by atoms with Crippen LogP contribution in [0.4, 0.5) is 0 Å². The van der Waals surface area contributed by atoms with Crippen molar-refractivity contribution in [2.45, 2.75) is 6.54 Å². The van der Waals surface area contributed by atoms with Crippen LogP contribution in [0.15, 0.2) is 24.3 Å². The average molecular weight is 197 g/mol. The van der Waals surface area contributed by atoms with Gasteiger partial charge >= 0.3 is 0 Å². The first-order chi connectivity index (χ1) is 6.83. The summed E-state index contributed by atoms with van der Waals surface area (Å²) in [5.41, 5.74) is 3.75. The Morgan fingerprint density at radius 1 is 1.36 bits per heavy atom. The van der Waals surface area contributed by atoms with E-state index in [1.165, 1.54) is 0 Å². The summed E-state index contributed by atoms with van der Waals surface area (Å²) in [6.45, 7) is 1.64. The number of phenolic OH excluding ortho intramolecular Hbond substituents is 1. The first kappa shape index (κ1) is 11.0. The third-order valence-electron chi connectivity index (χ3n) is 1.68. The SMILES string of the molecule is COCCONCc1cccc(O)c1. The average Bonchev–Trinajstić information content (AvgIpc) is 2.18. The molecule has 0 atom stereocenters. The van der Waals surface area contributed by atoms with Crippen LogP contribution in [0.1, 0.15) is 5.56 Å². The molecule has 0 radical (unpaired) electrons. The predicted molar refractivity (Wildman–Crippen MR) is 52.8 cm³/mol. The van der Waals surface area contributed by atoms with Crippen LogP contribution in [0, 0.1) is 0 Å². The van der Waals surface area contributed by atoms with E-state index in [1.54, 1.807) is 25.3 Å². The highest BCUT2D eigenvalue weighted by molar-refractivity contribution is 5.26. The van der Waals surface area contributed by atoms with Crippen LogP contribution in [0.2, 0.25) is 0 Å². The van der Waals surface area contributed by atoms with Gasteiger partial charge in [0.2, 0.25) is 0 Å². The van der Waals surface area contributed by atoms with Gasteiger partial charge in [-0.25, -0.2) is 0 Å². The Balaban J connectivity index is 2.18. The lowest BCUT2D eigenvalue weighted by molar-refractivity contribution is 0.00345. The number of hydrogen-bond donors (Lipinski definition) is 2. The smallest absolute Gasteiger partial charge is 0.115 e. The molecular weight excluding hydrogens is 182 g/mol. The zero-order valence-corrected chi connectivity index (χ0v) is 8.19. The van der Waals surface area contributed by atoms with E-state index in [0.717, 1.165) is 5.56 Å². The zero-order valence-electron chi connectivity index (χ0n) is 8.19. The highest BCUT2D eigenvalue weighted by Crippen LogP contribution is 2.10. The Labute approximate surface area is 83.4 Å². The van der Waals surface area contributed by atoms with Gasteiger partial charge in [0.05, 0.1) is 13.2 Å². The Morgan fingerprint density at radius 3 is 2.93 bits per heavy atom. The lowest BCUT2D eigenvalue weighted by atomic mass is 10.2. The number of benzene rings is 1. The first-order valence-electron chi connectivity index (χ1n) is 4.44. The van der Waals surface area contributed by atoms with Gasteiger partial charge in [0.25, 0.3) is 0 Å². The second-order valence-electron chi connectivity index (χ2n) is 2.83. The third kappa shape index (κ3) is 4.23. The summed E-state index contributed by atoms with van der Waals surface area (Å²) in [5.74, 6) is 0.265. The highest BCUT2D eigenvalue weighted by Gasteiger charge is 1.93. The van der Waals surface area contributed by atoms with Gasteiger partial charge in [0.15, 0.2) is 0 Å². The van der Waals surface area contributed by atoms with Crippen molar-refractivity contribution in [3.63, 3.8) is 0 Å². The van der Waals surface area contributed by atoms with Crippen LogP contribution >= 0.6 is 0 Å². The molecule has 0 unspecified atom stereocenters. The van der Waals surface area contributed by atoms with Crippen LogP contribution < -0.4 is 5.48 Å². The monoisotopic (exact) mass is 197 g/mol. The number of ether oxygens (including phenoxy) is 1. The van der Waals surface area contributed by atoms with Gasteiger partial charge in [-0.1, -0.05) is 12.1 Å². The molecule has 4 nitrogen and oxygen atoms in total. The normalized spacial score (nSPS) is 10.4. The molecule has 0 heterocycles. The summed E-state index contributed by atoms with van der Waals surface area (Å²) in [7, 11) is 1.62. The lowest BCUT2D eigenvalue weighted by Crippen LogP contribution is -2.16. The maximum absolute atomic E-state index is 9.17. The maximum Gasteiger partial charge on any atom is 0.115 e. The van der Waals surface area contributed by atoms with Gasteiger partial charge in [-0.2, -0.15) is 5.48 Å². The van der Waals surface area contributed by atoms with Crippen molar-refractivity contribution in [2.75, 3.05) is 20.3 Å². The van der Waals surface area contributed by atoms with Crippen molar-refractivity contribution < 1.29 is 14.7 Å².